The molecule has 0 radical (unpaired) electrons. The number of benzene rings is 2. The Bertz CT molecular complexity index is 1100. The maximum Gasteiger partial charge on any atom is 0.284 e. The van der Waals surface area contributed by atoms with Crippen LogP contribution in [0.5, 0.6) is 0 Å². The first-order valence-corrected chi connectivity index (χ1v) is 10.5. The highest BCUT2D eigenvalue weighted by Gasteiger charge is 2.22. The van der Waals surface area contributed by atoms with Crippen molar-refractivity contribution in [2.24, 2.45) is 0 Å². The van der Waals surface area contributed by atoms with Gasteiger partial charge in [0.2, 0.25) is 5.89 Å². The van der Waals surface area contributed by atoms with Crippen molar-refractivity contribution in [3.63, 3.8) is 0 Å². The Hall–Kier alpha value is -2.24. The molecule has 0 aliphatic rings. The van der Waals surface area contributed by atoms with Crippen molar-refractivity contribution in [1.29, 1.82) is 0 Å². The SMILES string of the molecule is CS(=O)(=O)c1ccc(Sc2nnc(-c3ccccc3Br)o2)c([N+](=O)[O-])c1. The summed E-state index contributed by atoms with van der Waals surface area (Å²) in [7, 11) is -3.56. The van der Waals surface area contributed by atoms with Gasteiger partial charge < -0.3 is 4.42 Å². The van der Waals surface area contributed by atoms with Gasteiger partial charge in [-0.25, -0.2) is 8.42 Å². The molecular formula is C15H10BrN3O5S2. The second-order valence-electron chi connectivity index (χ2n) is 5.11. The van der Waals surface area contributed by atoms with E-state index in [1.807, 2.05) is 18.2 Å². The van der Waals surface area contributed by atoms with Crippen LogP contribution in [0.4, 0.5) is 5.69 Å². The predicted octanol–water partition coefficient (Wildman–Crippen LogP) is 3.96. The minimum Gasteiger partial charge on any atom is -0.411 e. The van der Waals surface area contributed by atoms with E-state index in [1.165, 1.54) is 12.1 Å². The number of nitro groups is 1. The summed E-state index contributed by atoms with van der Waals surface area (Å²) < 4.78 is 29.5. The molecule has 0 spiro atoms. The van der Waals surface area contributed by atoms with Crippen molar-refractivity contribution < 1.29 is 17.8 Å². The fourth-order valence-electron chi connectivity index (χ4n) is 2.05. The second kappa shape index (κ2) is 7.17. The predicted molar refractivity (Wildman–Crippen MR) is 97.8 cm³/mol. The molecule has 0 bridgehead atoms. The summed E-state index contributed by atoms with van der Waals surface area (Å²) in [6, 6.07) is 10.9. The van der Waals surface area contributed by atoms with Gasteiger partial charge in [0.05, 0.1) is 20.3 Å². The zero-order valence-electron chi connectivity index (χ0n) is 13.1. The van der Waals surface area contributed by atoms with Crippen LogP contribution in [0.1, 0.15) is 0 Å². The minimum atomic E-state index is -3.56. The van der Waals surface area contributed by atoms with E-state index in [9.17, 15) is 18.5 Å². The van der Waals surface area contributed by atoms with Crippen molar-refractivity contribution in [1.82, 2.24) is 10.2 Å². The second-order valence-corrected chi connectivity index (χ2v) is 8.98. The summed E-state index contributed by atoms with van der Waals surface area (Å²) in [5.74, 6) is 0.260. The number of halogens is 1. The highest BCUT2D eigenvalue weighted by atomic mass is 79.9. The average molecular weight is 456 g/mol. The van der Waals surface area contributed by atoms with E-state index in [0.29, 0.717) is 5.56 Å². The standard InChI is InChI=1S/C15H10BrN3O5S2/c1-26(22,23)9-6-7-13(12(8-9)19(20)21)25-15-18-17-14(24-15)10-4-2-3-5-11(10)16/h2-8H,1H3. The number of nitro benzene ring substituents is 1. The molecule has 0 aliphatic heterocycles. The maximum absolute atomic E-state index is 11.6. The van der Waals surface area contributed by atoms with Gasteiger partial charge in [-0.2, -0.15) is 0 Å². The molecule has 0 aliphatic carbocycles. The molecule has 2 aromatic carbocycles. The lowest BCUT2D eigenvalue weighted by Crippen LogP contribution is -1.99. The van der Waals surface area contributed by atoms with Crippen LogP contribution in [0.25, 0.3) is 11.5 Å². The van der Waals surface area contributed by atoms with Crippen LogP contribution in [0, 0.1) is 10.1 Å². The summed E-state index contributed by atoms with van der Waals surface area (Å²) in [4.78, 5) is 10.7. The van der Waals surface area contributed by atoms with E-state index in [2.05, 4.69) is 26.1 Å². The summed E-state index contributed by atoms with van der Waals surface area (Å²) in [6.07, 6.45) is 0.987. The third-order valence-corrected chi connectivity index (χ3v) is 5.97. The molecule has 0 saturated carbocycles. The Morgan fingerprint density at radius 2 is 1.92 bits per heavy atom. The topological polar surface area (TPSA) is 116 Å². The monoisotopic (exact) mass is 455 g/mol. The highest BCUT2D eigenvalue weighted by molar-refractivity contribution is 9.10. The van der Waals surface area contributed by atoms with Gasteiger partial charge >= 0.3 is 0 Å². The molecule has 3 rings (SSSR count). The van der Waals surface area contributed by atoms with Gasteiger partial charge in [-0.05, 0) is 52.0 Å². The van der Waals surface area contributed by atoms with E-state index in [4.69, 9.17) is 4.42 Å². The van der Waals surface area contributed by atoms with E-state index < -0.39 is 14.8 Å². The molecule has 0 atom stereocenters. The van der Waals surface area contributed by atoms with Gasteiger partial charge in [-0.3, -0.25) is 10.1 Å². The highest BCUT2D eigenvalue weighted by Crippen LogP contribution is 2.37. The van der Waals surface area contributed by atoms with E-state index in [-0.39, 0.29) is 26.6 Å². The quantitative estimate of drug-likeness (QED) is 0.418. The Morgan fingerprint density at radius 1 is 1.19 bits per heavy atom. The first-order valence-electron chi connectivity index (χ1n) is 7.00. The van der Waals surface area contributed by atoms with E-state index >= 15 is 0 Å². The number of sulfone groups is 1. The lowest BCUT2D eigenvalue weighted by atomic mass is 10.2. The summed E-state index contributed by atoms with van der Waals surface area (Å²) in [6.45, 7) is 0. The Morgan fingerprint density at radius 3 is 2.58 bits per heavy atom. The minimum absolute atomic E-state index is 0.103. The molecule has 26 heavy (non-hydrogen) atoms. The largest absolute Gasteiger partial charge is 0.411 e. The van der Waals surface area contributed by atoms with Crippen LogP contribution in [0.15, 0.2) is 66.4 Å². The zero-order chi connectivity index (χ0) is 18.9. The molecule has 0 fully saturated rings. The fraction of sp³-hybridized carbons (Fsp3) is 0.0667. The molecular weight excluding hydrogens is 446 g/mol. The van der Waals surface area contributed by atoms with Crippen LogP contribution in [0.2, 0.25) is 0 Å². The number of hydrogen-bond donors (Lipinski definition) is 0. The summed E-state index contributed by atoms with van der Waals surface area (Å²) in [5, 5.41) is 19.2. The normalized spacial score (nSPS) is 11.5. The van der Waals surface area contributed by atoms with Crippen LogP contribution < -0.4 is 0 Å². The Balaban J connectivity index is 1.95. The molecule has 0 N–H and O–H groups in total. The van der Waals surface area contributed by atoms with Crippen molar-refractivity contribution in [2.75, 3.05) is 6.26 Å². The number of aromatic nitrogens is 2. The first-order chi connectivity index (χ1) is 12.3. The molecule has 8 nitrogen and oxygen atoms in total. The van der Waals surface area contributed by atoms with Gasteiger partial charge in [-0.15, -0.1) is 10.2 Å². The first kappa shape index (κ1) is 18.5. The number of rotatable bonds is 5. The van der Waals surface area contributed by atoms with Crippen LogP contribution in [-0.4, -0.2) is 29.8 Å². The van der Waals surface area contributed by atoms with Gasteiger partial charge in [0.15, 0.2) is 9.84 Å². The van der Waals surface area contributed by atoms with E-state index in [0.717, 1.165) is 28.6 Å². The summed E-state index contributed by atoms with van der Waals surface area (Å²) in [5.41, 5.74) is 0.340. The van der Waals surface area contributed by atoms with Crippen LogP contribution in [-0.2, 0) is 9.84 Å². The number of nitrogens with zero attached hydrogens (tertiary/aromatic N) is 3. The van der Waals surface area contributed by atoms with Crippen LogP contribution >= 0.6 is 27.7 Å². The van der Waals surface area contributed by atoms with Gasteiger partial charge in [0, 0.05) is 16.8 Å². The number of hydrogen-bond acceptors (Lipinski definition) is 8. The third kappa shape index (κ3) is 3.94. The Kier molecular flexibility index (Phi) is 5.12. The molecule has 1 heterocycles. The molecule has 1 aromatic heterocycles. The molecule has 0 saturated heterocycles. The van der Waals surface area contributed by atoms with E-state index in [1.54, 1.807) is 6.07 Å². The fourth-order valence-corrected chi connectivity index (χ4v) is 3.91. The molecule has 134 valence electrons. The third-order valence-electron chi connectivity index (χ3n) is 3.26. The van der Waals surface area contributed by atoms with Crippen LogP contribution in [0.3, 0.4) is 0 Å². The molecule has 3 aromatic rings. The molecule has 0 unspecified atom stereocenters. The zero-order valence-corrected chi connectivity index (χ0v) is 16.3. The smallest absolute Gasteiger partial charge is 0.284 e. The maximum atomic E-state index is 11.6. The molecule has 0 amide bonds. The van der Waals surface area contributed by atoms with Gasteiger partial charge in [0.1, 0.15) is 0 Å². The van der Waals surface area contributed by atoms with Crippen molar-refractivity contribution in [3.05, 3.63) is 57.1 Å². The lowest BCUT2D eigenvalue weighted by Gasteiger charge is -2.02. The molecule has 11 heteroatoms. The van der Waals surface area contributed by atoms with Gasteiger partial charge in [-0.1, -0.05) is 12.1 Å². The van der Waals surface area contributed by atoms with Gasteiger partial charge in [0.25, 0.3) is 10.9 Å². The van der Waals surface area contributed by atoms with Crippen molar-refractivity contribution in [3.8, 4) is 11.5 Å². The Labute approximate surface area is 160 Å². The summed E-state index contributed by atoms with van der Waals surface area (Å²) >= 11 is 4.28. The average Bonchev–Trinajstić information content (AvgIpc) is 3.02. The van der Waals surface area contributed by atoms with Crippen molar-refractivity contribution >= 4 is 43.2 Å². The lowest BCUT2D eigenvalue weighted by molar-refractivity contribution is -0.388. The van der Waals surface area contributed by atoms with Crippen molar-refractivity contribution in [2.45, 2.75) is 15.0 Å².